The summed E-state index contributed by atoms with van der Waals surface area (Å²) in [5, 5.41) is 1.38. The number of hydrogen-bond acceptors (Lipinski definition) is 1. The average Bonchev–Trinajstić information content (AvgIpc) is 3.02. The lowest BCUT2D eigenvalue weighted by Crippen LogP contribution is -2.38. The number of rotatable bonds is 0. The van der Waals surface area contributed by atoms with Gasteiger partial charge in [-0.2, -0.15) is 0 Å². The second kappa shape index (κ2) is 3.70. The van der Waals surface area contributed by atoms with Crippen molar-refractivity contribution in [3.05, 3.63) is 65.4 Å². The minimum Gasteiger partial charge on any atom is -0.493 e. The highest BCUT2D eigenvalue weighted by molar-refractivity contribution is 5.86. The zero-order valence-electron chi connectivity index (χ0n) is 12.0. The van der Waals surface area contributed by atoms with Crippen molar-refractivity contribution in [3.63, 3.8) is 0 Å². The lowest BCUT2D eigenvalue weighted by molar-refractivity contribution is 0.173. The van der Waals surface area contributed by atoms with Crippen LogP contribution in [0.2, 0.25) is 0 Å². The fourth-order valence-corrected chi connectivity index (χ4v) is 4.30. The van der Waals surface area contributed by atoms with Gasteiger partial charge in [-0.25, -0.2) is 0 Å². The summed E-state index contributed by atoms with van der Waals surface area (Å²) in [6, 6.07) is 17.1. The van der Waals surface area contributed by atoms with Crippen LogP contribution in [-0.4, -0.2) is 11.6 Å². The number of nitrogens with one attached hydrogen (secondary N) is 1. The number of H-pyrrole nitrogens is 1. The summed E-state index contributed by atoms with van der Waals surface area (Å²) in [5.74, 6) is 1.57. The van der Waals surface area contributed by atoms with E-state index in [9.17, 15) is 0 Å². The molecule has 2 atom stereocenters. The highest BCUT2D eigenvalue weighted by Crippen LogP contribution is 2.54. The fourth-order valence-electron chi connectivity index (χ4n) is 4.30. The Hall–Kier alpha value is -2.22. The van der Waals surface area contributed by atoms with Gasteiger partial charge in [0.1, 0.15) is 5.75 Å². The van der Waals surface area contributed by atoms with E-state index in [-0.39, 0.29) is 5.41 Å². The van der Waals surface area contributed by atoms with E-state index in [1.165, 1.54) is 27.7 Å². The quantitative estimate of drug-likeness (QED) is 0.658. The van der Waals surface area contributed by atoms with Crippen LogP contribution in [0.1, 0.15) is 23.7 Å². The fraction of sp³-hybridized carbons (Fsp3) is 0.263. The smallest absolute Gasteiger partial charge is 0.123 e. The van der Waals surface area contributed by atoms with Crippen molar-refractivity contribution in [2.75, 3.05) is 6.61 Å². The highest BCUT2D eigenvalue weighted by Gasteiger charge is 2.50. The maximum atomic E-state index is 6.00. The first-order chi connectivity index (χ1) is 10.3. The average molecular weight is 275 g/mol. The largest absolute Gasteiger partial charge is 0.493 e. The Morgan fingerprint density at radius 2 is 1.90 bits per heavy atom. The molecule has 3 aromatic rings. The molecule has 0 unspecified atom stereocenters. The molecule has 1 aromatic heterocycles. The summed E-state index contributed by atoms with van der Waals surface area (Å²) in [6.07, 6.45) is 1.10. The first-order valence-electron chi connectivity index (χ1n) is 7.61. The van der Waals surface area contributed by atoms with Crippen molar-refractivity contribution in [2.24, 2.45) is 5.92 Å². The van der Waals surface area contributed by atoms with Gasteiger partial charge in [-0.05, 0) is 31.0 Å². The van der Waals surface area contributed by atoms with Gasteiger partial charge in [-0.1, -0.05) is 36.4 Å². The molecule has 1 aliphatic heterocycles. The van der Waals surface area contributed by atoms with E-state index in [2.05, 4.69) is 60.4 Å². The second-order valence-electron chi connectivity index (χ2n) is 6.43. The zero-order valence-corrected chi connectivity index (χ0v) is 12.0. The third-order valence-electron chi connectivity index (χ3n) is 5.49. The van der Waals surface area contributed by atoms with Gasteiger partial charge in [0.2, 0.25) is 0 Å². The molecule has 21 heavy (non-hydrogen) atoms. The maximum absolute atomic E-state index is 6.00. The Balaban J connectivity index is 1.84. The van der Waals surface area contributed by atoms with Gasteiger partial charge in [-0.3, -0.25) is 0 Å². The topological polar surface area (TPSA) is 25.0 Å². The van der Waals surface area contributed by atoms with Crippen molar-refractivity contribution in [1.29, 1.82) is 0 Å². The van der Waals surface area contributed by atoms with Crippen molar-refractivity contribution < 1.29 is 4.74 Å². The van der Waals surface area contributed by atoms with Crippen LogP contribution in [0.15, 0.2) is 48.5 Å². The SMILES string of the molecule is C[C@@]12c3ccccc3OC[C@@H]1Cc1c2[nH]c2ccccc12. The molecular formula is C19H17NO. The van der Waals surface area contributed by atoms with E-state index in [4.69, 9.17) is 4.74 Å². The van der Waals surface area contributed by atoms with Crippen LogP contribution in [0.4, 0.5) is 0 Å². The zero-order chi connectivity index (χ0) is 14.0. The number of fused-ring (bicyclic) bond motifs is 7. The van der Waals surface area contributed by atoms with Crippen LogP contribution in [0.25, 0.3) is 10.9 Å². The van der Waals surface area contributed by atoms with E-state index in [0.29, 0.717) is 5.92 Å². The minimum atomic E-state index is 0.0448. The van der Waals surface area contributed by atoms with Gasteiger partial charge >= 0.3 is 0 Å². The molecule has 1 aliphatic carbocycles. The molecule has 2 heterocycles. The highest BCUT2D eigenvalue weighted by atomic mass is 16.5. The van der Waals surface area contributed by atoms with Crippen molar-refractivity contribution in [2.45, 2.75) is 18.8 Å². The summed E-state index contributed by atoms with van der Waals surface area (Å²) in [4.78, 5) is 3.70. The van der Waals surface area contributed by atoms with E-state index in [1.807, 2.05) is 0 Å². The molecule has 0 fully saturated rings. The molecule has 0 radical (unpaired) electrons. The summed E-state index contributed by atoms with van der Waals surface area (Å²) < 4.78 is 6.00. The van der Waals surface area contributed by atoms with E-state index in [0.717, 1.165) is 18.8 Å². The summed E-state index contributed by atoms with van der Waals surface area (Å²) in [7, 11) is 0. The van der Waals surface area contributed by atoms with Gasteiger partial charge in [-0.15, -0.1) is 0 Å². The van der Waals surface area contributed by atoms with E-state index >= 15 is 0 Å². The molecule has 0 amide bonds. The maximum Gasteiger partial charge on any atom is 0.123 e. The van der Waals surface area contributed by atoms with Crippen LogP contribution < -0.4 is 4.74 Å². The van der Waals surface area contributed by atoms with Gasteiger partial charge in [0.05, 0.1) is 6.61 Å². The number of hydrogen-bond donors (Lipinski definition) is 1. The molecule has 0 saturated carbocycles. The van der Waals surface area contributed by atoms with Crippen LogP contribution in [0, 0.1) is 5.92 Å². The minimum absolute atomic E-state index is 0.0448. The molecule has 2 aromatic carbocycles. The Morgan fingerprint density at radius 1 is 1.10 bits per heavy atom. The molecule has 104 valence electrons. The van der Waals surface area contributed by atoms with Crippen molar-refractivity contribution in [3.8, 4) is 5.75 Å². The predicted octanol–water partition coefficient (Wildman–Crippen LogP) is 4.04. The van der Waals surface area contributed by atoms with Crippen LogP contribution in [0.3, 0.4) is 0 Å². The van der Waals surface area contributed by atoms with Crippen LogP contribution in [-0.2, 0) is 11.8 Å². The Bertz CT molecular complexity index is 863. The third kappa shape index (κ3) is 1.28. The van der Waals surface area contributed by atoms with E-state index < -0.39 is 0 Å². The lowest BCUT2D eigenvalue weighted by atomic mass is 9.71. The van der Waals surface area contributed by atoms with Crippen molar-refractivity contribution in [1.82, 2.24) is 4.98 Å². The molecule has 1 N–H and O–H groups in total. The summed E-state index contributed by atoms with van der Waals surface area (Å²) in [6.45, 7) is 3.19. The Kier molecular flexibility index (Phi) is 2.02. The normalized spacial score (nSPS) is 26.0. The third-order valence-corrected chi connectivity index (χ3v) is 5.49. The van der Waals surface area contributed by atoms with Gasteiger partial charge in [0.25, 0.3) is 0 Å². The Morgan fingerprint density at radius 3 is 2.86 bits per heavy atom. The molecule has 2 heteroatoms. The molecule has 2 aliphatic rings. The van der Waals surface area contributed by atoms with Gasteiger partial charge < -0.3 is 9.72 Å². The van der Waals surface area contributed by atoms with Gasteiger partial charge in [0.15, 0.2) is 0 Å². The summed E-state index contributed by atoms with van der Waals surface area (Å²) >= 11 is 0. The van der Waals surface area contributed by atoms with Gasteiger partial charge in [0, 0.05) is 33.5 Å². The van der Waals surface area contributed by atoms with E-state index in [1.54, 1.807) is 0 Å². The second-order valence-corrected chi connectivity index (χ2v) is 6.43. The predicted molar refractivity (Wildman–Crippen MR) is 83.9 cm³/mol. The number of aromatic amines is 1. The summed E-state index contributed by atoms with van der Waals surface area (Å²) in [5.41, 5.74) is 5.50. The van der Waals surface area contributed by atoms with Crippen LogP contribution >= 0.6 is 0 Å². The van der Waals surface area contributed by atoms with Crippen molar-refractivity contribution >= 4 is 10.9 Å². The Labute approximate surface area is 123 Å². The number of benzene rings is 2. The molecular weight excluding hydrogens is 258 g/mol. The standard InChI is InChI=1S/C19H17NO/c1-19-12(11-21-17-9-5-3-7-15(17)19)10-14-13-6-2-4-8-16(13)20-18(14)19/h2-9,12,20H,10-11H2,1H3/t12-,19-/m0/s1. The molecule has 2 nitrogen and oxygen atoms in total. The molecule has 5 rings (SSSR count). The lowest BCUT2D eigenvalue weighted by Gasteiger charge is -2.38. The number of para-hydroxylation sites is 2. The van der Waals surface area contributed by atoms with Crippen LogP contribution in [0.5, 0.6) is 5.75 Å². The molecule has 0 saturated heterocycles. The number of ether oxygens (including phenoxy) is 1. The first kappa shape index (κ1) is 11.4. The molecule has 0 spiro atoms. The monoisotopic (exact) mass is 275 g/mol. The molecule has 0 bridgehead atoms. The number of aromatic nitrogens is 1. The first-order valence-corrected chi connectivity index (χ1v) is 7.61.